The summed E-state index contributed by atoms with van der Waals surface area (Å²) in [6.07, 6.45) is -1.92. The predicted molar refractivity (Wildman–Crippen MR) is 47.3 cm³/mol. The van der Waals surface area contributed by atoms with E-state index in [1.165, 1.54) is 12.4 Å². The van der Waals surface area contributed by atoms with Crippen LogP contribution in [0.1, 0.15) is 11.4 Å². The first-order valence-electron chi connectivity index (χ1n) is 4.30. The van der Waals surface area contributed by atoms with Crippen LogP contribution in [0.15, 0.2) is 18.5 Å². The molecular weight excluding hydrogens is 221 g/mol. The fraction of sp³-hybridized carbons (Fsp3) is 0.222. The first-order valence-corrected chi connectivity index (χ1v) is 4.30. The molecule has 0 N–H and O–H groups in total. The van der Waals surface area contributed by atoms with E-state index < -0.39 is 11.9 Å². The topological polar surface area (TPSA) is 54.0 Å². The van der Waals surface area contributed by atoms with Crippen molar-refractivity contribution in [1.82, 2.24) is 14.6 Å². The van der Waals surface area contributed by atoms with Crippen molar-refractivity contribution in [3.05, 3.63) is 29.8 Å². The fourth-order valence-corrected chi connectivity index (χ4v) is 1.33. The van der Waals surface area contributed by atoms with Crippen LogP contribution in [-0.2, 0) is 12.6 Å². The van der Waals surface area contributed by atoms with Crippen molar-refractivity contribution in [2.45, 2.75) is 12.6 Å². The number of nitriles is 1. The third-order valence-corrected chi connectivity index (χ3v) is 2.01. The molecule has 0 aromatic carbocycles. The average Bonchev–Trinajstić information content (AvgIpc) is 2.62. The van der Waals surface area contributed by atoms with Gasteiger partial charge in [0.05, 0.1) is 23.7 Å². The summed E-state index contributed by atoms with van der Waals surface area (Å²) >= 11 is 0. The minimum Gasteiger partial charge on any atom is -0.256 e. The maximum absolute atomic E-state index is 12.4. The number of alkyl halides is 3. The Morgan fingerprint density at radius 2 is 2.19 bits per heavy atom. The summed E-state index contributed by atoms with van der Waals surface area (Å²) in [7, 11) is 0. The first kappa shape index (κ1) is 10.4. The molecule has 0 aliphatic heterocycles. The summed E-state index contributed by atoms with van der Waals surface area (Å²) in [6, 6.07) is 2.73. The number of fused-ring (bicyclic) bond motifs is 1. The van der Waals surface area contributed by atoms with Gasteiger partial charge in [0, 0.05) is 12.4 Å². The lowest BCUT2D eigenvalue weighted by molar-refractivity contribution is -0.141. The molecule has 7 heteroatoms. The first-order chi connectivity index (χ1) is 7.52. The van der Waals surface area contributed by atoms with Crippen LogP contribution in [0.25, 0.3) is 5.52 Å². The molecule has 82 valence electrons. The van der Waals surface area contributed by atoms with Crippen molar-refractivity contribution in [1.29, 1.82) is 5.26 Å². The zero-order valence-electron chi connectivity index (χ0n) is 7.86. The van der Waals surface area contributed by atoms with Gasteiger partial charge in [0.15, 0.2) is 5.69 Å². The monoisotopic (exact) mass is 226 g/mol. The summed E-state index contributed by atoms with van der Waals surface area (Å²) in [5, 5.41) is 11.9. The number of aromatic nitrogens is 3. The van der Waals surface area contributed by atoms with Gasteiger partial charge in [-0.2, -0.15) is 23.5 Å². The van der Waals surface area contributed by atoms with Gasteiger partial charge in [-0.05, 0) is 6.07 Å². The number of hydrogen-bond acceptors (Lipinski definition) is 3. The van der Waals surface area contributed by atoms with Gasteiger partial charge in [-0.15, -0.1) is 0 Å². The third kappa shape index (κ3) is 1.69. The Morgan fingerprint density at radius 3 is 2.81 bits per heavy atom. The summed E-state index contributed by atoms with van der Waals surface area (Å²) in [5.74, 6) is 0. The molecule has 0 atom stereocenters. The summed E-state index contributed by atoms with van der Waals surface area (Å²) < 4.78 is 38.2. The summed E-state index contributed by atoms with van der Waals surface area (Å²) in [5.41, 5.74) is -0.496. The lowest BCUT2D eigenvalue weighted by Gasteiger charge is -1.98. The maximum atomic E-state index is 12.4. The minimum atomic E-state index is -4.49. The van der Waals surface area contributed by atoms with Crippen molar-refractivity contribution in [3.63, 3.8) is 0 Å². The van der Waals surface area contributed by atoms with E-state index in [1.807, 2.05) is 6.07 Å². The molecule has 2 aromatic heterocycles. The van der Waals surface area contributed by atoms with Gasteiger partial charge < -0.3 is 0 Å². The molecule has 2 aromatic rings. The zero-order valence-corrected chi connectivity index (χ0v) is 7.86. The molecule has 0 unspecified atom stereocenters. The molecule has 0 aliphatic rings. The molecule has 0 saturated heterocycles. The van der Waals surface area contributed by atoms with Crippen LogP contribution in [0.5, 0.6) is 0 Å². The van der Waals surface area contributed by atoms with Crippen molar-refractivity contribution in [2.75, 3.05) is 0 Å². The van der Waals surface area contributed by atoms with Gasteiger partial charge in [-0.3, -0.25) is 4.98 Å². The van der Waals surface area contributed by atoms with E-state index in [1.54, 1.807) is 0 Å². The van der Waals surface area contributed by atoms with Crippen molar-refractivity contribution in [3.8, 4) is 6.07 Å². The summed E-state index contributed by atoms with van der Waals surface area (Å²) in [4.78, 5) is 3.84. The number of halogens is 3. The Morgan fingerprint density at radius 1 is 1.44 bits per heavy atom. The molecule has 16 heavy (non-hydrogen) atoms. The van der Waals surface area contributed by atoms with Crippen LogP contribution in [0, 0.1) is 11.3 Å². The van der Waals surface area contributed by atoms with E-state index in [4.69, 9.17) is 5.26 Å². The molecule has 2 rings (SSSR count). The Labute approximate surface area is 87.9 Å². The maximum Gasteiger partial charge on any atom is 0.435 e. The van der Waals surface area contributed by atoms with Crippen LogP contribution in [0.2, 0.25) is 0 Å². The largest absolute Gasteiger partial charge is 0.435 e. The van der Waals surface area contributed by atoms with Gasteiger partial charge in [0.1, 0.15) is 0 Å². The molecule has 0 bridgehead atoms. The second-order valence-electron chi connectivity index (χ2n) is 3.07. The Hall–Kier alpha value is -2.10. The third-order valence-electron chi connectivity index (χ3n) is 2.01. The highest BCUT2D eigenvalue weighted by Gasteiger charge is 2.34. The minimum absolute atomic E-state index is 0.0483. The molecule has 0 aliphatic carbocycles. The zero-order chi connectivity index (χ0) is 11.8. The van der Waals surface area contributed by atoms with Crippen molar-refractivity contribution < 1.29 is 13.2 Å². The van der Waals surface area contributed by atoms with Crippen molar-refractivity contribution >= 4 is 5.52 Å². The van der Waals surface area contributed by atoms with Gasteiger partial charge in [-0.25, -0.2) is 4.52 Å². The van der Waals surface area contributed by atoms with Crippen molar-refractivity contribution in [2.24, 2.45) is 0 Å². The van der Waals surface area contributed by atoms with Gasteiger partial charge in [-0.1, -0.05) is 0 Å². The average molecular weight is 226 g/mol. The van der Waals surface area contributed by atoms with E-state index in [-0.39, 0.29) is 17.6 Å². The highest BCUT2D eigenvalue weighted by molar-refractivity contribution is 5.53. The molecule has 0 fully saturated rings. The van der Waals surface area contributed by atoms with E-state index >= 15 is 0 Å². The van der Waals surface area contributed by atoms with Crippen LogP contribution in [-0.4, -0.2) is 14.6 Å². The highest BCUT2D eigenvalue weighted by Crippen LogP contribution is 2.29. The number of rotatable bonds is 1. The molecule has 4 nitrogen and oxygen atoms in total. The van der Waals surface area contributed by atoms with Crippen LogP contribution < -0.4 is 0 Å². The Bertz CT molecular complexity index is 564. The quantitative estimate of drug-likeness (QED) is 0.745. The predicted octanol–water partition coefficient (Wildman–Crippen LogP) is 1.81. The number of nitrogens with zero attached hydrogens (tertiary/aromatic N) is 4. The smallest absolute Gasteiger partial charge is 0.256 e. The number of hydrogen-bond donors (Lipinski definition) is 0. The van der Waals surface area contributed by atoms with Gasteiger partial charge >= 0.3 is 6.18 Å². The molecule has 0 saturated carbocycles. The van der Waals surface area contributed by atoms with Crippen LogP contribution in [0.4, 0.5) is 13.2 Å². The lowest BCUT2D eigenvalue weighted by Crippen LogP contribution is -2.05. The summed E-state index contributed by atoms with van der Waals surface area (Å²) in [6.45, 7) is 0. The highest BCUT2D eigenvalue weighted by atomic mass is 19.4. The van der Waals surface area contributed by atoms with Gasteiger partial charge in [0.25, 0.3) is 0 Å². The molecule has 0 spiro atoms. The van der Waals surface area contributed by atoms with E-state index in [2.05, 4.69) is 10.1 Å². The lowest BCUT2D eigenvalue weighted by atomic mass is 10.2. The molecule has 0 amide bonds. The Balaban J connectivity index is 2.62. The van der Waals surface area contributed by atoms with E-state index in [9.17, 15) is 13.2 Å². The van der Waals surface area contributed by atoms with Crippen LogP contribution in [0.3, 0.4) is 0 Å². The standard InChI is InChI=1S/C9H5F3N4/c10-9(11,12)8-5-7-6(1-2-13)14-3-4-16(7)15-8/h3-5H,1H2. The second kappa shape index (κ2) is 3.48. The Kier molecular flexibility index (Phi) is 2.27. The van der Waals surface area contributed by atoms with E-state index in [0.717, 1.165) is 10.6 Å². The SMILES string of the molecule is N#CCc1nccn2nc(C(F)(F)F)cc12. The van der Waals surface area contributed by atoms with Crippen LogP contribution >= 0.6 is 0 Å². The second-order valence-corrected chi connectivity index (χ2v) is 3.07. The normalized spacial score (nSPS) is 11.6. The molecule has 2 heterocycles. The molecule has 0 radical (unpaired) electrons. The fourth-order valence-electron chi connectivity index (χ4n) is 1.33. The molecular formula is C9H5F3N4. The van der Waals surface area contributed by atoms with E-state index in [0.29, 0.717) is 0 Å². The van der Waals surface area contributed by atoms with Gasteiger partial charge in [0.2, 0.25) is 0 Å².